The molecule has 0 saturated carbocycles. The quantitative estimate of drug-likeness (QED) is 0.835. The Morgan fingerprint density at radius 1 is 1.16 bits per heavy atom. The third-order valence-corrected chi connectivity index (χ3v) is 3.01. The zero-order valence-corrected chi connectivity index (χ0v) is 12.1. The van der Waals surface area contributed by atoms with E-state index < -0.39 is 0 Å². The second-order valence-corrected chi connectivity index (χ2v) is 4.71. The van der Waals surface area contributed by atoms with E-state index >= 15 is 0 Å². The predicted octanol–water partition coefficient (Wildman–Crippen LogP) is 2.09. The van der Waals surface area contributed by atoms with Crippen molar-refractivity contribution in [1.29, 1.82) is 0 Å². The molecule has 0 fully saturated rings. The molecule has 0 saturated heterocycles. The maximum absolute atomic E-state index is 4.62. The van der Waals surface area contributed by atoms with Crippen molar-refractivity contribution in [3.63, 3.8) is 0 Å². The highest BCUT2D eigenvalue weighted by Crippen LogP contribution is 2.11. The van der Waals surface area contributed by atoms with E-state index in [9.17, 15) is 0 Å². The second-order valence-electron chi connectivity index (χ2n) is 4.71. The lowest BCUT2D eigenvalue weighted by molar-refractivity contribution is 0.669. The maximum atomic E-state index is 4.62. The van der Waals surface area contributed by atoms with Gasteiger partial charge in [-0.1, -0.05) is 13.0 Å². The lowest BCUT2D eigenvalue weighted by Gasteiger charge is -2.09. The molecule has 0 bridgehead atoms. The zero-order chi connectivity index (χ0) is 13.8. The average Bonchev–Trinajstić information content (AvgIpc) is 2.71. The van der Waals surface area contributed by atoms with Gasteiger partial charge in [-0.15, -0.1) is 5.10 Å². The summed E-state index contributed by atoms with van der Waals surface area (Å²) < 4.78 is 1.78. The number of pyridine rings is 1. The molecule has 2 aromatic heterocycles. The Hall–Kier alpha value is -1.75. The van der Waals surface area contributed by atoms with Crippen LogP contribution >= 0.6 is 0 Å². The first kappa shape index (κ1) is 13.7. The van der Waals surface area contributed by atoms with Crippen molar-refractivity contribution >= 4 is 0 Å². The van der Waals surface area contributed by atoms with Gasteiger partial charge in [-0.05, 0) is 45.4 Å². The van der Waals surface area contributed by atoms with E-state index in [1.165, 1.54) is 5.56 Å². The molecular weight excluding hydrogens is 238 g/mol. The molecule has 5 nitrogen and oxygen atoms in total. The molecule has 2 aromatic rings. The lowest BCUT2D eigenvalue weighted by atomic mass is 10.2. The third-order valence-electron chi connectivity index (χ3n) is 3.01. The fourth-order valence-corrected chi connectivity index (χ4v) is 2.02. The Balaban J connectivity index is 2.21. The van der Waals surface area contributed by atoms with Crippen LogP contribution in [0.5, 0.6) is 0 Å². The Morgan fingerprint density at radius 2 is 1.95 bits per heavy atom. The summed E-state index contributed by atoms with van der Waals surface area (Å²) in [6.45, 7) is 9.92. The number of hydrogen-bond donors (Lipinski definition) is 1. The summed E-state index contributed by atoms with van der Waals surface area (Å²) in [5, 5.41) is 7.75. The highest BCUT2D eigenvalue weighted by molar-refractivity contribution is 5.30. The van der Waals surface area contributed by atoms with Crippen molar-refractivity contribution in [3.05, 3.63) is 35.0 Å². The van der Waals surface area contributed by atoms with Gasteiger partial charge in [0.05, 0.1) is 0 Å². The smallest absolute Gasteiger partial charge is 0.155 e. The van der Waals surface area contributed by atoms with Crippen molar-refractivity contribution in [3.8, 4) is 5.82 Å². The predicted molar refractivity (Wildman–Crippen MR) is 75.4 cm³/mol. The van der Waals surface area contributed by atoms with Crippen LogP contribution in [0.4, 0.5) is 0 Å². The van der Waals surface area contributed by atoms with Gasteiger partial charge in [-0.25, -0.2) is 9.97 Å². The molecule has 0 atom stereocenters. The molecule has 0 radical (unpaired) electrons. The van der Waals surface area contributed by atoms with Crippen LogP contribution in [0.1, 0.15) is 36.3 Å². The normalized spacial score (nSPS) is 10.9. The van der Waals surface area contributed by atoms with Crippen LogP contribution in [-0.4, -0.2) is 26.3 Å². The van der Waals surface area contributed by atoms with Gasteiger partial charge in [0.1, 0.15) is 11.6 Å². The molecule has 0 aliphatic heterocycles. The van der Waals surface area contributed by atoms with E-state index in [1.54, 1.807) is 4.68 Å². The first-order valence-corrected chi connectivity index (χ1v) is 6.69. The standard InChI is InChI=1S/C14H21N5/c1-5-8-15-9-13-6-7-14(16-10(13)2)19-12(4)17-11(3)18-19/h6-7,15H,5,8-9H2,1-4H3. The molecule has 0 unspecified atom stereocenters. The van der Waals surface area contributed by atoms with E-state index in [4.69, 9.17) is 0 Å². The van der Waals surface area contributed by atoms with E-state index in [0.29, 0.717) is 0 Å². The summed E-state index contributed by atoms with van der Waals surface area (Å²) in [5.74, 6) is 2.46. The molecule has 2 heterocycles. The molecular formula is C14H21N5. The Morgan fingerprint density at radius 3 is 2.53 bits per heavy atom. The van der Waals surface area contributed by atoms with Crippen LogP contribution in [0.3, 0.4) is 0 Å². The van der Waals surface area contributed by atoms with Gasteiger partial charge in [0.25, 0.3) is 0 Å². The molecule has 0 aromatic carbocycles. The molecule has 0 aliphatic carbocycles. The van der Waals surface area contributed by atoms with Crippen molar-refractivity contribution in [1.82, 2.24) is 25.1 Å². The fraction of sp³-hybridized carbons (Fsp3) is 0.500. The first-order chi connectivity index (χ1) is 9.11. The number of rotatable bonds is 5. The van der Waals surface area contributed by atoms with E-state index in [1.807, 2.05) is 26.8 Å². The number of nitrogens with one attached hydrogen (secondary N) is 1. The first-order valence-electron chi connectivity index (χ1n) is 6.69. The summed E-state index contributed by atoms with van der Waals surface area (Å²) >= 11 is 0. The summed E-state index contributed by atoms with van der Waals surface area (Å²) in [5.41, 5.74) is 2.26. The highest BCUT2D eigenvalue weighted by Gasteiger charge is 2.08. The minimum Gasteiger partial charge on any atom is -0.313 e. The van der Waals surface area contributed by atoms with E-state index in [0.717, 1.165) is 42.7 Å². The monoisotopic (exact) mass is 259 g/mol. The zero-order valence-electron chi connectivity index (χ0n) is 12.1. The number of aryl methyl sites for hydroxylation is 3. The van der Waals surface area contributed by atoms with Crippen molar-refractivity contribution in [2.45, 2.75) is 40.7 Å². The lowest BCUT2D eigenvalue weighted by Crippen LogP contribution is -2.15. The minimum atomic E-state index is 0.769. The SMILES string of the molecule is CCCNCc1ccc(-n2nc(C)nc2C)nc1C. The van der Waals surface area contributed by atoms with Crippen LogP contribution in [0.25, 0.3) is 5.82 Å². The fourth-order valence-electron chi connectivity index (χ4n) is 2.02. The second kappa shape index (κ2) is 5.93. The summed E-state index contributed by atoms with van der Waals surface area (Å²) in [6, 6.07) is 4.11. The summed E-state index contributed by atoms with van der Waals surface area (Å²) in [7, 11) is 0. The number of hydrogen-bond acceptors (Lipinski definition) is 4. The molecule has 102 valence electrons. The molecule has 0 aliphatic rings. The van der Waals surface area contributed by atoms with Gasteiger partial charge in [0, 0.05) is 12.2 Å². The van der Waals surface area contributed by atoms with Gasteiger partial charge in [0.15, 0.2) is 5.82 Å². The number of aromatic nitrogens is 4. The van der Waals surface area contributed by atoms with Gasteiger partial charge >= 0.3 is 0 Å². The summed E-state index contributed by atoms with van der Waals surface area (Å²) in [6.07, 6.45) is 1.14. The molecule has 0 amide bonds. The molecule has 2 rings (SSSR count). The van der Waals surface area contributed by atoms with E-state index in [2.05, 4.69) is 33.4 Å². The van der Waals surface area contributed by atoms with Gasteiger partial charge in [-0.2, -0.15) is 4.68 Å². The molecule has 1 N–H and O–H groups in total. The van der Waals surface area contributed by atoms with Crippen molar-refractivity contribution < 1.29 is 0 Å². The van der Waals surface area contributed by atoms with Crippen molar-refractivity contribution in [2.24, 2.45) is 0 Å². The average molecular weight is 259 g/mol. The highest BCUT2D eigenvalue weighted by atomic mass is 15.4. The van der Waals surface area contributed by atoms with Gasteiger partial charge in [-0.3, -0.25) is 0 Å². The topological polar surface area (TPSA) is 55.6 Å². The van der Waals surface area contributed by atoms with Gasteiger partial charge < -0.3 is 5.32 Å². The Bertz CT molecular complexity index is 559. The summed E-state index contributed by atoms with van der Waals surface area (Å²) in [4.78, 5) is 8.92. The van der Waals surface area contributed by atoms with Crippen LogP contribution < -0.4 is 5.32 Å². The molecule has 5 heteroatoms. The Labute approximate surface area is 114 Å². The van der Waals surface area contributed by atoms with E-state index in [-0.39, 0.29) is 0 Å². The van der Waals surface area contributed by atoms with Crippen LogP contribution in [0.15, 0.2) is 12.1 Å². The third kappa shape index (κ3) is 3.17. The van der Waals surface area contributed by atoms with Gasteiger partial charge in [0.2, 0.25) is 0 Å². The number of nitrogens with zero attached hydrogens (tertiary/aromatic N) is 4. The van der Waals surface area contributed by atoms with Crippen LogP contribution in [0.2, 0.25) is 0 Å². The van der Waals surface area contributed by atoms with Crippen LogP contribution in [-0.2, 0) is 6.54 Å². The molecule has 19 heavy (non-hydrogen) atoms. The largest absolute Gasteiger partial charge is 0.313 e. The Kier molecular flexibility index (Phi) is 4.27. The minimum absolute atomic E-state index is 0.769. The molecule has 0 spiro atoms. The van der Waals surface area contributed by atoms with Crippen molar-refractivity contribution in [2.75, 3.05) is 6.54 Å². The maximum Gasteiger partial charge on any atom is 0.155 e. The van der Waals surface area contributed by atoms with Crippen LogP contribution in [0, 0.1) is 20.8 Å².